The van der Waals surface area contributed by atoms with Gasteiger partial charge in [0.05, 0.1) is 12.2 Å². The summed E-state index contributed by atoms with van der Waals surface area (Å²) in [6, 6.07) is 1.96. The molecule has 0 atom stereocenters. The fourth-order valence-electron chi connectivity index (χ4n) is 1.22. The van der Waals surface area contributed by atoms with Gasteiger partial charge in [-0.05, 0) is 12.5 Å². The second-order valence-electron chi connectivity index (χ2n) is 2.67. The summed E-state index contributed by atoms with van der Waals surface area (Å²) in [6.07, 6.45) is 0.993. The number of hydrogen-bond donors (Lipinski definition) is 2. The number of fused-ring (bicyclic) bond motifs is 1. The lowest BCUT2D eigenvalue weighted by Gasteiger charge is -2.13. The predicted molar refractivity (Wildman–Crippen MR) is 49.7 cm³/mol. The van der Waals surface area contributed by atoms with Gasteiger partial charge in [-0.3, -0.25) is 4.79 Å². The Kier molecular flexibility index (Phi) is 1.77. The Hall–Kier alpha value is -1.03. The standard InChI is InChI=1S/C8H10N2OS/c1-2-5-3-6-7(11)9-4-10-8(6)12-5/h3,10H,2,4H2,1H3,(H,9,11). The minimum atomic E-state index is 0.0414. The molecule has 0 unspecified atom stereocenters. The molecule has 0 aromatic carbocycles. The average Bonchev–Trinajstić information content (AvgIpc) is 2.49. The van der Waals surface area contributed by atoms with Crippen LogP contribution < -0.4 is 10.6 Å². The van der Waals surface area contributed by atoms with E-state index >= 15 is 0 Å². The summed E-state index contributed by atoms with van der Waals surface area (Å²) in [5.74, 6) is 0.0414. The number of aryl methyl sites for hydroxylation is 1. The summed E-state index contributed by atoms with van der Waals surface area (Å²) in [5, 5.41) is 6.88. The molecule has 2 heterocycles. The van der Waals surface area contributed by atoms with Gasteiger partial charge in [0.25, 0.3) is 5.91 Å². The molecular formula is C8H10N2OS. The average molecular weight is 182 g/mol. The van der Waals surface area contributed by atoms with Crippen molar-refractivity contribution in [2.75, 3.05) is 12.0 Å². The van der Waals surface area contributed by atoms with Gasteiger partial charge >= 0.3 is 0 Å². The highest BCUT2D eigenvalue weighted by Crippen LogP contribution is 2.29. The van der Waals surface area contributed by atoms with Crippen molar-refractivity contribution in [3.8, 4) is 0 Å². The summed E-state index contributed by atoms with van der Waals surface area (Å²) in [6.45, 7) is 2.64. The van der Waals surface area contributed by atoms with Crippen LogP contribution in [0.3, 0.4) is 0 Å². The number of amides is 1. The Balaban J connectivity index is 2.43. The SMILES string of the molecule is CCc1cc2c(s1)NCNC2=O. The maximum atomic E-state index is 11.3. The Bertz CT molecular complexity index is 319. The monoisotopic (exact) mass is 182 g/mol. The number of carbonyl (C=O) groups excluding carboxylic acids is 1. The van der Waals surface area contributed by atoms with E-state index in [9.17, 15) is 4.79 Å². The first-order chi connectivity index (χ1) is 5.81. The molecule has 2 rings (SSSR count). The van der Waals surface area contributed by atoms with Crippen molar-refractivity contribution in [3.05, 3.63) is 16.5 Å². The molecule has 0 bridgehead atoms. The Labute approximate surface area is 74.8 Å². The topological polar surface area (TPSA) is 41.1 Å². The largest absolute Gasteiger partial charge is 0.359 e. The lowest BCUT2D eigenvalue weighted by atomic mass is 10.2. The van der Waals surface area contributed by atoms with Crippen LogP contribution in [-0.4, -0.2) is 12.6 Å². The first kappa shape index (κ1) is 7.61. The summed E-state index contributed by atoms with van der Waals surface area (Å²) in [7, 11) is 0. The van der Waals surface area contributed by atoms with E-state index < -0.39 is 0 Å². The number of thiophene rings is 1. The number of anilines is 1. The first-order valence-corrected chi connectivity index (χ1v) is 4.77. The van der Waals surface area contributed by atoms with Crippen molar-refractivity contribution in [2.45, 2.75) is 13.3 Å². The van der Waals surface area contributed by atoms with Crippen LogP contribution in [0.1, 0.15) is 22.2 Å². The second kappa shape index (κ2) is 2.79. The van der Waals surface area contributed by atoms with Gasteiger partial charge in [-0.1, -0.05) is 6.92 Å². The van der Waals surface area contributed by atoms with Crippen LogP contribution in [0.25, 0.3) is 0 Å². The molecule has 1 aromatic rings. The minimum absolute atomic E-state index is 0.0414. The molecule has 1 amide bonds. The number of nitrogens with one attached hydrogen (secondary N) is 2. The third-order valence-corrected chi connectivity index (χ3v) is 3.11. The molecule has 0 fully saturated rings. The fourth-order valence-corrected chi connectivity index (χ4v) is 2.21. The number of rotatable bonds is 1. The lowest BCUT2D eigenvalue weighted by molar-refractivity contribution is 0.0953. The van der Waals surface area contributed by atoms with Gasteiger partial charge in [-0.25, -0.2) is 0 Å². The van der Waals surface area contributed by atoms with Gasteiger partial charge < -0.3 is 10.6 Å². The molecule has 1 aliphatic rings. The predicted octanol–water partition coefficient (Wildman–Crippen LogP) is 1.42. The van der Waals surface area contributed by atoms with Gasteiger partial charge in [0.1, 0.15) is 5.00 Å². The van der Waals surface area contributed by atoms with E-state index in [2.05, 4.69) is 17.6 Å². The molecule has 12 heavy (non-hydrogen) atoms. The fraction of sp³-hybridized carbons (Fsp3) is 0.375. The Morgan fingerprint density at radius 3 is 3.08 bits per heavy atom. The van der Waals surface area contributed by atoms with Crippen LogP contribution in [0.4, 0.5) is 5.00 Å². The minimum Gasteiger partial charge on any atom is -0.359 e. The summed E-state index contributed by atoms with van der Waals surface area (Å²) < 4.78 is 0. The lowest BCUT2D eigenvalue weighted by Crippen LogP contribution is -2.33. The van der Waals surface area contributed by atoms with Crippen LogP contribution in [0.2, 0.25) is 0 Å². The van der Waals surface area contributed by atoms with Crippen LogP contribution >= 0.6 is 11.3 Å². The summed E-state index contributed by atoms with van der Waals surface area (Å²) in [5.41, 5.74) is 0.795. The molecule has 0 spiro atoms. The molecule has 4 heteroatoms. The zero-order valence-corrected chi connectivity index (χ0v) is 7.62. The second-order valence-corrected chi connectivity index (χ2v) is 3.81. The van der Waals surface area contributed by atoms with E-state index in [-0.39, 0.29) is 5.91 Å². The third kappa shape index (κ3) is 1.08. The molecule has 3 nitrogen and oxygen atoms in total. The molecule has 0 radical (unpaired) electrons. The van der Waals surface area contributed by atoms with Gasteiger partial charge in [0, 0.05) is 4.88 Å². The molecule has 64 valence electrons. The van der Waals surface area contributed by atoms with E-state index in [0.717, 1.165) is 17.0 Å². The molecule has 0 saturated heterocycles. The molecule has 2 N–H and O–H groups in total. The van der Waals surface area contributed by atoms with Crippen LogP contribution in [-0.2, 0) is 6.42 Å². The van der Waals surface area contributed by atoms with E-state index in [4.69, 9.17) is 0 Å². The quantitative estimate of drug-likeness (QED) is 0.689. The highest BCUT2D eigenvalue weighted by atomic mass is 32.1. The Morgan fingerprint density at radius 2 is 2.42 bits per heavy atom. The number of carbonyl (C=O) groups is 1. The van der Waals surface area contributed by atoms with Gasteiger partial charge in [0.15, 0.2) is 0 Å². The van der Waals surface area contributed by atoms with Gasteiger partial charge in [0.2, 0.25) is 0 Å². The zero-order chi connectivity index (χ0) is 8.55. The van der Waals surface area contributed by atoms with Gasteiger partial charge in [-0.15, -0.1) is 11.3 Å². The van der Waals surface area contributed by atoms with Crippen molar-refractivity contribution in [3.63, 3.8) is 0 Å². The van der Waals surface area contributed by atoms with Crippen molar-refractivity contribution in [1.29, 1.82) is 0 Å². The smallest absolute Gasteiger partial charge is 0.255 e. The van der Waals surface area contributed by atoms with Gasteiger partial charge in [-0.2, -0.15) is 0 Å². The van der Waals surface area contributed by atoms with Crippen molar-refractivity contribution >= 4 is 22.2 Å². The first-order valence-electron chi connectivity index (χ1n) is 3.96. The summed E-state index contributed by atoms with van der Waals surface area (Å²) in [4.78, 5) is 12.5. The number of hydrogen-bond acceptors (Lipinski definition) is 3. The maximum Gasteiger partial charge on any atom is 0.255 e. The normalized spacial score (nSPS) is 14.9. The van der Waals surface area contributed by atoms with Crippen LogP contribution in [0.5, 0.6) is 0 Å². The van der Waals surface area contributed by atoms with E-state index in [1.54, 1.807) is 11.3 Å². The van der Waals surface area contributed by atoms with E-state index in [1.807, 2.05) is 6.07 Å². The van der Waals surface area contributed by atoms with Crippen LogP contribution in [0, 0.1) is 0 Å². The maximum absolute atomic E-state index is 11.3. The van der Waals surface area contributed by atoms with Crippen molar-refractivity contribution in [2.24, 2.45) is 0 Å². The van der Waals surface area contributed by atoms with E-state index in [1.165, 1.54) is 4.88 Å². The molecule has 0 saturated carbocycles. The molecule has 1 aliphatic heterocycles. The zero-order valence-electron chi connectivity index (χ0n) is 6.81. The third-order valence-electron chi connectivity index (χ3n) is 1.87. The van der Waals surface area contributed by atoms with Crippen molar-refractivity contribution < 1.29 is 4.79 Å². The molecule has 1 aromatic heterocycles. The highest BCUT2D eigenvalue weighted by Gasteiger charge is 2.18. The van der Waals surface area contributed by atoms with E-state index in [0.29, 0.717) is 6.67 Å². The van der Waals surface area contributed by atoms with Crippen molar-refractivity contribution in [1.82, 2.24) is 5.32 Å². The molecule has 0 aliphatic carbocycles. The Morgan fingerprint density at radius 1 is 1.58 bits per heavy atom. The highest BCUT2D eigenvalue weighted by molar-refractivity contribution is 7.16. The van der Waals surface area contributed by atoms with Crippen LogP contribution in [0.15, 0.2) is 6.07 Å². The summed E-state index contributed by atoms with van der Waals surface area (Å²) >= 11 is 1.67. The molecular weight excluding hydrogens is 172 g/mol.